The molecule has 0 aliphatic heterocycles. The van der Waals surface area contributed by atoms with Gasteiger partial charge in [-0.3, -0.25) is 4.79 Å². The van der Waals surface area contributed by atoms with Crippen molar-refractivity contribution in [2.75, 3.05) is 0 Å². The minimum atomic E-state index is 0.0362. The summed E-state index contributed by atoms with van der Waals surface area (Å²) in [6.45, 7) is 0. The topological polar surface area (TPSA) is 46.0 Å². The van der Waals surface area contributed by atoms with Crippen molar-refractivity contribution in [3.63, 3.8) is 0 Å². The first-order valence-electron chi connectivity index (χ1n) is 4.35. The maximum atomic E-state index is 11.1. The summed E-state index contributed by atoms with van der Waals surface area (Å²) < 4.78 is 5.27. The lowest BCUT2D eigenvalue weighted by atomic mass is 10.2. The zero-order valence-corrected chi connectivity index (χ0v) is 7.28. The van der Waals surface area contributed by atoms with Crippen LogP contribution in [-0.4, -0.2) is 5.16 Å². The molecule has 3 heteroatoms. The minimum Gasteiger partial charge on any atom is -0.381 e. The van der Waals surface area contributed by atoms with Gasteiger partial charge < -0.3 is 4.52 Å². The predicted molar refractivity (Wildman–Crippen MR) is 54.3 cm³/mol. The molecule has 0 saturated carbocycles. The van der Waals surface area contributed by atoms with Gasteiger partial charge in [-0.1, -0.05) is 24.3 Å². The van der Waals surface area contributed by atoms with Crippen LogP contribution in [0, 0.1) is 0 Å². The maximum Gasteiger partial charge on any atom is 0.215 e. The second-order valence-corrected chi connectivity index (χ2v) is 3.19. The summed E-state index contributed by atoms with van der Waals surface area (Å²) in [6.07, 6.45) is 0. The Morgan fingerprint density at radius 2 is 1.93 bits per heavy atom. The molecule has 0 spiro atoms. The Bertz CT molecular complexity index is 608. The van der Waals surface area contributed by atoms with E-state index in [4.69, 9.17) is 4.52 Å². The molecule has 3 nitrogen and oxygen atoms in total. The van der Waals surface area contributed by atoms with Crippen LogP contribution in [0.25, 0.3) is 21.9 Å². The molecule has 1 aromatic heterocycles. The van der Waals surface area contributed by atoms with Gasteiger partial charge >= 0.3 is 0 Å². The van der Waals surface area contributed by atoms with Crippen LogP contribution < -0.4 is 5.43 Å². The third kappa shape index (κ3) is 0.956. The number of aromatic nitrogens is 1. The SMILES string of the molecule is O=c1c2ccc3ccccc3o[nH]c12. The molecule has 0 saturated heterocycles. The van der Waals surface area contributed by atoms with Crippen LogP contribution in [0.2, 0.25) is 0 Å². The standard InChI is InChI=1S/C11H7NO2/c13-11-8-6-5-7-3-1-2-4-9(7)14-12-10(8)11/h1-6,12H. The van der Waals surface area contributed by atoms with Gasteiger partial charge in [0.1, 0.15) is 5.52 Å². The lowest BCUT2D eigenvalue weighted by Gasteiger charge is -1.89. The fourth-order valence-electron chi connectivity index (χ4n) is 1.43. The van der Waals surface area contributed by atoms with E-state index in [0.717, 1.165) is 11.0 Å². The fraction of sp³-hybridized carbons (Fsp3) is 0. The second kappa shape index (κ2) is 2.48. The van der Waals surface area contributed by atoms with E-state index in [1.165, 1.54) is 0 Å². The largest absolute Gasteiger partial charge is 0.381 e. The molecule has 3 rings (SSSR count). The lowest BCUT2D eigenvalue weighted by molar-refractivity contribution is 0.458. The first kappa shape index (κ1) is 7.38. The zero-order valence-electron chi connectivity index (χ0n) is 7.28. The summed E-state index contributed by atoms with van der Waals surface area (Å²) in [5.41, 5.74) is 1.33. The van der Waals surface area contributed by atoms with Crippen molar-refractivity contribution < 1.29 is 4.52 Å². The van der Waals surface area contributed by atoms with Crippen LogP contribution in [0.1, 0.15) is 0 Å². The molecule has 14 heavy (non-hydrogen) atoms. The van der Waals surface area contributed by atoms with Gasteiger partial charge in [-0.15, -0.1) is 0 Å². The number of fused-ring (bicyclic) bond motifs is 2. The molecule has 0 atom stereocenters. The van der Waals surface area contributed by atoms with Gasteiger partial charge in [0.15, 0.2) is 5.58 Å². The van der Waals surface area contributed by atoms with Gasteiger partial charge in [0, 0.05) is 5.39 Å². The molecule has 2 aromatic carbocycles. The summed E-state index contributed by atoms with van der Waals surface area (Å²) in [7, 11) is 0. The molecule has 0 fully saturated rings. The van der Waals surface area contributed by atoms with Crippen molar-refractivity contribution in [3.8, 4) is 0 Å². The number of benzene rings is 1. The summed E-state index contributed by atoms with van der Waals surface area (Å²) in [5, 5.41) is 4.32. The Morgan fingerprint density at radius 3 is 2.86 bits per heavy atom. The van der Waals surface area contributed by atoms with Gasteiger partial charge in [0.2, 0.25) is 5.43 Å². The van der Waals surface area contributed by atoms with Crippen molar-refractivity contribution in [2.24, 2.45) is 0 Å². The van der Waals surface area contributed by atoms with Crippen molar-refractivity contribution in [2.45, 2.75) is 0 Å². The Kier molecular flexibility index (Phi) is 1.31. The molecular formula is C11H7NO2. The Morgan fingerprint density at radius 1 is 1.07 bits per heavy atom. The van der Waals surface area contributed by atoms with E-state index < -0.39 is 0 Å². The number of hydrogen-bond donors (Lipinski definition) is 1. The fourth-order valence-corrected chi connectivity index (χ4v) is 1.43. The molecule has 68 valence electrons. The van der Waals surface area contributed by atoms with Gasteiger partial charge in [0.05, 0.1) is 5.39 Å². The molecule has 0 unspecified atom stereocenters. The highest BCUT2D eigenvalue weighted by Crippen LogP contribution is 2.14. The first-order chi connectivity index (χ1) is 6.86. The first-order valence-corrected chi connectivity index (χ1v) is 4.35. The van der Waals surface area contributed by atoms with E-state index in [-0.39, 0.29) is 5.43 Å². The van der Waals surface area contributed by atoms with E-state index in [2.05, 4.69) is 5.16 Å². The van der Waals surface area contributed by atoms with E-state index in [1.54, 1.807) is 0 Å². The van der Waals surface area contributed by atoms with E-state index in [9.17, 15) is 4.79 Å². The van der Waals surface area contributed by atoms with Crippen LogP contribution >= 0.6 is 0 Å². The quantitative estimate of drug-likeness (QED) is 0.584. The van der Waals surface area contributed by atoms with Crippen molar-refractivity contribution in [3.05, 3.63) is 46.6 Å². The third-order valence-electron chi connectivity index (χ3n) is 2.29. The average molecular weight is 185 g/mol. The molecule has 0 amide bonds. The van der Waals surface area contributed by atoms with E-state index in [1.807, 2.05) is 36.4 Å². The van der Waals surface area contributed by atoms with Crippen molar-refractivity contribution in [1.82, 2.24) is 5.16 Å². The van der Waals surface area contributed by atoms with Gasteiger partial charge in [0.25, 0.3) is 0 Å². The van der Waals surface area contributed by atoms with Crippen molar-refractivity contribution in [1.29, 1.82) is 0 Å². The monoisotopic (exact) mass is 185 g/mol. The number of H-pyrrole nitrogens is 1. The third-order valence-corrected chi connectivity index (χ3v) is 2.29. The maximum absolute atomic E-state index is 11.1. The number of aromatic amines is 1. The Balaban J connectivity index is 2.49. The van der Waals surface area contributed by atoms with Crippen LogP contribution in [0.3, 0.4) is 0 Å². The molecular weight excluding hydrogens is 178 g/mol. The molecule has 1 N–H and O–H groups in total. The number of rotatable bonds is 0. The highest BCUT2D eigenvalue weighted by atomic mass is 16.5. The highest BCUT2D eigenvalue weighted by Gasteiger charge is 2.10. The summed E-state index contributed by atoms with van der Waals surface area (Å²) >= 11 is 0. The Hall–Kier alpha value is -2.03. The van der Waals surface area contributed by atoms with Crippen LogP contribution in [0.4, 0.5) is 0 Å². The van der Waals surface area contributed by atoms with Crippen molar-refractivity contribution >= 4 is 21.9 Å². The Labute approximate surface area is 78.9 Å². The van der Waals surface area contributed by atoms with E-state index in [0.29, 0.717) is 10.9 Å². The molecule has 0 aliphatic rings. The summed E-state index contributed by atoms with van der Waals surface area (Å²) in [6, 6.07) is 11.3. The number of nitrogens with one attached hydrogen (secondary N) is 1. The second-order valence-electron chi connectivity index (χ2n) is 3.19. The molecule has 3 aromatic rings. The van der Waals surface area contributed by atoms with Gasteiger partial charge in [-0.05, 0) is 12.1 Å². The number of para-hydroxylation sites is 1. The normalized spacial score (nSPS) is 11.1. The smallest absolute Gasteiger partial charge is 0.215 e. The number of hydrogen-bond acceptors (Lipinski definition) is 2. The zero-order chi connectivity index (χ0) is 9.54. The summed E-state index contributed by atoms with van der Waals surface area (Å²) in [4.78, 5) is 11.1. The average Bonchev–Trinajstić information content (AvgIpc) is 2.78. The lowest BCUT2D eigenvalue weighted by Crippen LogP contribution is -1.71. The van der Waals surface area contributed by atoms with Crippen LogP contribution in [0.15, 0.2) is 45.7 Å². The van der Waals surface area contributed by atoms with Crippen LogP contribution in [-0.2, 0) is 0 Å². The minimum absolute atomic E-state index is 0.0362. The van der Waals surface area contributed by atoms with Crippen LogP contribution in [0.5, 0.6) is 0 Å². The van der Waals surface area contributed by atoms with Gasteiger partial charge in [-0.25, -0.2) is 5.16 Å². The van der Waals surface area contributed by atoms with E-state index >= 15 is 0 Å². The molecule has 0 aliphatic carbocycles. The predicted octanol–water partition coefficient (Wildman–Crippen LogP) is 2.27. The molecule has 0 radical (unpaired) electrons. The highest BCUT2D eigenvalue weighted by molar-refractivity contribution is 5.93. The molecule has 1 heterocycles. The van der Waals surface area contributed by atoms with Gasteiger partial charge in [-0.2, -0.15) is 0 Å². The summed E-state index contributed by atoms with van der Waals surface area (Å²) in [5.74, 6) is 0. The molecule has 0 bridgehead atoms.